The molecule has 0 amide bonds. The van der Waals surface area contributed by atoms with E-state index in [1.807, 2.05) is 32.0 Å². The van der Waals surface area contributed by atoms with Gasteiger partial charge in [0.05, 0.1) is 23.5 Å². The average Bonchev–Trinajstić information content (AvgIpc) is 3.05. The molecule has 3 nitrogen and oxygen atoms in total. The SMILES string of the molecule is C=CC(=O)CC1=C(CC)C(=C)N2Cc3cc4ccccc4nc3C2=C1.CC. The monoisotopic (exact) mass is 358 g/mol. The fourth-order valence-electron chi connectivity index (χ4n) is 3.72. The van der Waals surface area contributed by atoms with Crippen LogP contribution in [0.15, 0.2) is 72.5 Å². The van der Waals surface area contributed by atoms with Crippen molar-refractivity contribution in [3.05, 3.63) is 83.7 Å². The number of carbonyl (C=O) groups is 1. The van der Waals surface area contributed by atoms with Gasteiger partial charge in [-0.25, -0.2) is 4.98 Å². The predicted octanol–water partition coefficient (Wildman–Crippen LogP) is 5.80. The Kier molecular flexibility index (Phi) is 5.41. The lowest BCUT2D eigenvalue weighted by Gasteiger charge is -2.30. The van der Waals surface area contributed by atoms with E-state index in [-0.39, 0.29) is 5.78 Å². The van der Waals surface area contributed by atoms with Crippen molar-refractivity contribution in [3.63, 3.8) is 0 Å². The van der Waals surface area contributed by atoms with Gasteiger partial charge in [-0.1, -0.05) is 52.1 Å². The molecular formula is C24H26N2O. The van der Waals surface area contributed by atoms with Crippen molar-refractivity contribution in [2.24, 2.45) is 0 Å². The molecule has 1 aromatic carbocycles. The van der Waals surface area contributed by atoms with Crippen LogP contribution < -0.4 is 0 Å². The van der Waals surface area contributed by atoms with E-state index in [4.69, 9.17) is 4.98 Å². The molecule has 2 aromatic rings. The number of para-hydroxylation sites is 1. The number of pyridine rings is 1. The number of hydrogen-bond donors (Lipinski definition) is 0. The molecule has 2 aliphatic rings. The molecule has 0 spiro atoms. The van der Waals surface area contributed by atoms with Crippen LogP contribution in [0.4, 0.5) is 0 Å². The Morgan fingerprint density at radius 1 is 1.30 bits per heavy atom. The van der Waals surface area contributed by atoms with Gasteiger partial charge in [0.1, 0.15) is 0 Å². The second kappa shape index (κ2) is 7.75. The number of ketones is 1. The number of aromatic nitrogens is 1. The van der Waals surface area contributed by atoms with Crippen LogP contribution >= 0.6 is 0 Å². The number of rotatable bonds is 4. The molecule has 0 N–H and O–H groups in total. The summed E-state index contributed by atoms with van der Waals surface area (Å²) >= 11 is 0. The second-order valence-corrected chi connectivity index (χ2v) is 6.46. The molecular weight excluding hydrogens is 332 g/mol. The van der Waals surface area contributed by atoms with Gasteiger partial charge in [0.2, 0.25) is 0 Å². The molecule has 0 saturated heterocycles. The molecule has 138 valence electrons. The van der Waals surface area contributed by atoms with Crippen LogP contribution in [-0.4, -0.2) is 15.7 Å². The molecule has 0 aliphatic carbocycles. The minimum absolute atomic E-state index is 0.0312. The predicted molar refractivity (Wildman–Crippen MR) is 113 cm³/mol. The van der Waals surface area contributed by atoms with Gasteiger partial charge in [-0.3, -0.25) is 4.79 Å². The molecule has 3 heterocycles. The Labute approximate surface area is 161 Å². The molecule has 4 rings (SSSR count). The summed E-state index contributed by atoms with van der Waals surface area (Å²) < 4.78 is 0. The number of allylic oxidation sites excluding steroid dienone is 4. The van der Waals surface area contributed by atoms with Crippen molar-refractivity contribution in [1.29, 1.82) is 0 Å². The first-order valence-corrected chi connectivity index (χ1v) is 9.57. The Hall–Kier alpha value is -2.94. The highest BCUT2D eigenvalue weighted by atomic mass is 16.1. The number of carbonyl (C=O) groups excluding carboxylic acids is 1. The zero-order valence-corrected chi connectivity index (χ0v) is 16.4. The average molecular weight is 358 g/mol. The Balaban J connectivity index is 0.00000102. The van der Waals surface area contributed by atoms with Crippen LogP contribution in [0.1, 0.15) is 44.9 Å². The highest BCUT2D eigenvalue weighted by molar-refractivity contribution is 5.93. The summed E-state index contributed by atoms with van der Waals surface area (Å²) in [6.07, 6.45) is 4.72. The third-order valence-corrected chi connectivity index (χ3v) is 4.98. The normalized spacial score (nSPS) is 15.0. The summed E-state index contributed by atoms with van der Waals surface area (Å²) in [5.74, 6) is 0.0312. The zero-order valence-electron chi connectivity index (χ0n) is 16.4. The molecule has 0 radical (unpaired) electrons. The van der Waals surface area contributed by atoms with Gasteiger partial charge in [0.15, 0.2) is 5.78 Å². The summed E-state index contributed by atoms with van der Waals surface area (Å²) in [6, 6.07) is 10.4. The van der Waals surface area contributed by atoms with Gasteiger partial charge >= 0.3 is 0 Å². The van der Waals surface area contributed by atoms with Crippen molar-refractivity contribution in [3.8, 4) is 0 Å². The van der Waals surface area contributed by atoms with Gasteiger partial charge in [-0.2, -0.15) is 0 Å². The van der Waals surface area contributed by atoms with E-state index in [9.17, 15) is 4.79 Å². The van der Waals surface area contributed by atoms with E-state index < -0.39 is 0 Å². The fraction of sp³-hybridized carbons (Fsp3) is 0.250. The number of benzene rings is 1. The van der Waals surface area contributed by atoms with Crippen molar-refractivity contribution in [1.82, 2.24) is 9.88 Å². The van der Waals surface area contributed by atoms with E-state index in [1.54, 1.807) is 0 Å². The number of nitrogens with zero attached hydrogens (tertiary/aromatic N) is 2. The van der Waals surface area contributed by atoms with Gasteiger partial charge in [0.25, 0.3) is 0 Å². The zero-order chi connectivity index (χ0) is 19.6. The first kappa shape index (κ1) is 18.8. The van der Waals surface area contributed by atoms with Gasteiger partial charge < -0.3 is 4.90 Å². The minimum atomic E-state index is 0.0312. The van der Waals surface area contributed by atoms with Crippen LogP contribution in [-0.2, 0) is 11.3 Å². The summed E-state index contributed by atoms with van der Waals surface area (Å²) in [5.41, 5.74) is 7.41. The lowest BCUT2D eigenvalue weighted by Crippen LogP contribution is -2.20. The highest BCUT2D eigenvalue weighted by Gasteiger charge is 2.32. The number of hydrogen-bond acceptors (Lipinski definition) is 3. The smallest absolute Gasteiger partial charge is 0.159 e. The second-order valence-electron chi connectivity index (χ2n) is 6.46. The van der Waals surface area contributed by atoms with Crippen LogP contribution in [0.5, 0.6) is 0 Å². The van der Waals surface area contributed by atoms with Crippen LogP contribution in [0.2, 0.25) is 0 Å². The fourth-order valence-corrected chi connectivity index (χ4v) is 3.72. The lowest BCUT2D eigenvalue weighted by atomic mass is 9.93. The molecule has 0 bridgehead atoms. The summed E-state index contributed by atoms with van der Waals surface area (Å²) in [6.45, 7) is 14.8. The molecule has 2 aliphatic heterocycles. The Morgan fingerprint density at radius 2 is 2.04 bits per heavy atom. The van der Waals surface area contributed by atoms with Crippen molar-refractivity contribution >= 4 is 22.4 Å². The Bertz CT molecular complexity index is 995. The quantitative estimate of drug-likeness (QED) is 0.648. The Morgan fingerprint density at radius 3 is 2.74 bits per heavy atom. The third-order valence-electron chi connectivity index (χ3n) is 4.98. The molecule has 0 atom stereocenters. The first-order chi connectivity index (χ1) is 13.1. The van der Waals surface area contributed by atoms with E-state index in [0.29, 0.717) is 6.42 Å². The van der Waals surface area contributed by atoms with Crippen LogP contribution in [0.3, 0.4) is 0 Å². The molecule has 0 unspecified atom stereocenters. The third kappa shape index (κ3) is 3.25. The molecule has 27 heavy (non-hydrogen) atoms. The van der Waals surface area contributed by atoms with E-state index >= 15 is 0 Å². The van der Waals surface area contributed by atoms with Crippen LogP contribution in [0.25, 0.3) is 16.6 Å². The maximum absolute atomic E-state index is 11.9. The maximum Gasteiger partial charge on any atom is 0.159 e. The summed E-state index contributed by atoms with van der Waals surface area (Å²) in [4.78, 5) is 19.0. The van der Waals surface area contributed by atoms with Gasteiger partial charge in [-0.05, 0) is 41.9 Å². The largest absolute Gasteiger partial charge is 0.335 e. The summed E-state index contributed by atoms with van der Waals surface area (Å²) in [7, 11) is 0. The van der Waals surface area contributed by atoms with Crippen molar-refractivity contribution in [2.75, 3.05) is 0 Å². The molecule has 3 heteroatoms. The molecule has 0 fully saturated rings. The van der Waals surface area contributed by atoms with Gasteiger partial charge in [-0.15, -0.1) is 0 Å². The van der Waals surface area contributed by atoms with E-state index in [1.165, 1.54) is 11.6 Å². The number of fused-ring (bicyclic) bond motifs is 4. The van der Waals surface area contributed by atoms with Gasteiger partial charge in [0, 0.05) is 23.1 Å². The van der Waals surface area contributed by atoms with Crippen LogP contribution in [0, 0.1) is 0 Å². The topological polar surface area (TPSA) is 33.2 Å². The van der Waals surface area contributed by atoms with Crippen molar-refractivity contribution in [2.45, 2.75) is 40.2 Å². The highest BCUT2D eigenvalue weighted by Crippen LogP contribution is 2.43. The van der Waals surface area contributed by atoms with Crippen molar-refractivity contribution < 1.29 is 4.79 Å². The van der Waals surface area contributed by atoms with E-state index in [2.05, 4.69) is 43.2 Å². The lowest BCUT2D eigenvalue weighted by molar-refractivity contribution is -0.113. The standard InChI is InChI=1S/C22H20N2O.C2H6/c1-4-18(25)11-16-12-21-22-17(13-24(21)14(3)19(16)5-2)10-15-8-6-7-9-20(15)23-22;1-2/h4,6-10,12H,1,3,5,11,13H2,2H3;1-2H3. The summed E-state index contributed by atoms with van der Waals surface area (Å²) in [5, 5.41) is 1.15. The molecule has 0 saturated carbocycles. The first-order valence-electron chi connectivity index (χ1n) is 9.57. The minimum Gasteiger partial charge on any atom is -0.335 e. The van der Waals surface area contributed by atoms with E-state index in [0.717, 1.165) is 52.1 Å². The maximum atomic E-state index is 11.9. The molecule has 1 aromatic heterocycles.